The van der Waals surface area contributed by atoms with Crippen molar-refractivity contribution in [2.45, 2.75) is 62.0 Å². The van der Waals surface area contributed by atoms with Crippen LogP contribution >= 0.6 is 0 Å². The van der Waals surface area contributed by atoms with Gasteiger partial charge in [0.25, 0.3) is 10.0 Å². The van der Waals surface area contributed by atoms with E-state index in [4.69, 9.17) is 4.98 Å². The van der Waals surface area contributed by atoms with Crippen molar-refractivity contribution in [3.63, 3.8) is 0 Å². The summed E-state index contributed by atoms with van der Waals surface area (Å²) in [6.45, 7) is 4.26. The van der Waals surface area contributed by atoms with Crippen LogP contribution < -0.4 is 14.5 Å². The number of aliphatic hydroxyl groups is 1. The normalized spacial score (nSPS) is 20.4. The minimum Gasteiger partial charge on any atom is -0.393 e. The minimum absolute atomic E-state index is 0.162. The Hall–Kier alpha value is -3.76. The van der Waals surface area contributed by atoms with Crippen molar-refractivity contribution < 1.29 is 13.5 Å². The van der Waals surface area contributed by atoms with Crippen LogP contribution in [0.4, 0.5) is 23.1 Å². The van der Waals surface area contributed by atoms with Crippen molar-refractivity contribution in [3.05, 3.63) is 72.6 Å². The topological polar surface area (TPSA) is 112 Å². The van der Waals surface area contributed by atoms with E-state index in [1.54, 1.807) is 30.6 Å². The number of nitrogens with zero attached hydrogens (tertiary/aromatic N) is 5. The average Bonchev–Trinajstić information content (AvgIpc) is 3.23. The van der Waals surface area contributed by atoms with Gasteiger partial charge in [-0.1, -0.05) is 32.0 Å². The molecular formula is C30H34N6O3S. The van der Waals surface area contributed by atoms with Gasteiger partial charge in [-0.05, 0) is 62.1 Å². The predicted molar refractivity (Wildman–Crippen MR) is 158 cm³/mol. The van der Waals surface area contributed by atoms with Crippen LogP contribution in [0.25, 0.3) is 10.9 Å². The van der Waals surface area contributed by atoms with Crippen molar-refractivity contribution in [3.8, 4) is 0 Å². The molecule has 208 valence electrons. The van der Waals surface area contributed by atoms with Gasteiger partial charge in [-0.2, -0.15) is 4.98 Å². The number of hydrogen-bond donors (Lipinski definition) is 2. The monoisotopic (exact) mass is 558 g/mol. The molecule has 0 radical (unpaired) electrons. The first-order chi connectivity index (χ1) is 19.1. The second-order valence-corrected chi connectivity index (χ2v) is 13.2. The first-order valence-corrected chi connectivity index (χ1v) is 15.1. The molecule has 0 spiro atoms. The molecule has 9 nitrogen and oxygen atoms in total. The molecule has 10 heteroatoms. The number of hydrogen-bond acceptors (Lipinski definition) is 8. The number of sulfonamides is 1. The molecule has 1 aliphatic heterocycles. The third-order valence-electron chi connectivity index (χ3n) is 8.18. The molecule has 0 unspecified atom stereocenters. The van der Waals surface area contributed by atoms with Gasteiger partial charge in [0.05, 0.1) is 11.6 Å². The first kappa shape index (κ1) is 26.5. The molecule has 6 rings (SSSR count). The van der Waals surface area contributed by atoms with Crippen LogP contribution in [0, 0.1) is 0 Å². The lowest BCUT2D eigenvalue weighted by molar-refractivity contribution is 0.122. The maximum Gasteiger partial charge on any atom is 0.267 e. The molecule has 0 amide bonds. The second kappa shape index (κ2) is 10.0. The number of aromatic nitrogens is 3. The molecule has 2 aliphatic rings. The van der Waals surface area contributed by atoms with Gasteiger partial charge in [-0.3, -0.25) is 4.98 Å². The molecule has 1 fully saturated rings. The van der Waals surface area contributed by atoms with E-state index < -0.39 is 15.4 Å². The summed E-state index contributed by atoms with van der Waals surface area (Å²) in [4.78, 5) is 16.0. The molecule has 3 heterocycles. The van der Waals surface area contributed by atoms with Crippen LogP contribution in [0.15, 0.2) is 71.9 Å². The highest BCUT2D eigenvalue weighted by atomic mass is 32.2. The van der Waals surface area contributed by atoms with Crippen molar-refractivity contribution >= 4 is 44.1 Å². The Morgan fingerprint density at radius 2 is 1.73 bits per heavy atom. The number of aliphatic hydroxyl groups excluding tert-OH is 1. The van der Waals surface area contributed by atoms with Gasteiger partial charge >= 0.3 is 0 Å². The van der Waals surface area contributed by atoms with E-state index >= 15 is 0 Å². The van der Waals surface area contributed by atoms with E-state index in [9.17, 15) is 13.5 Å². The lowest BCUT2D eigenvalue weighted by Gasteiger charge is -2.34. The minimum atomic E-state index is -3.94. The Labute approximate surface area is 235 Å². The van der Waals surface area contributed by atoms with Crippen LogP contribution in [-0.2, 0) is 15.4 Å². The Kier molecular flexibility index (Phi) is 6.62. The zero-order valence-electron chi connectivity index (χ0n) is 22.9. The molecule has 1 saturated carbocycles. The average molecular weight is 559 g/mol. The second-order valence-electron chi connectivity index (χ2n) is 11.4. The summed E-state index contributed by atoms with van der Waals surface area (Å²) in [6.07, 6.45) is 6.78. The largest absolute Gasteiger partial charge is 0.393 e. The maximum absolute atomic E-state index is 14.0. The molecule has 0 bridgehead atoms. The number of para-hydroxylation sites is 1. The number of pyridine rings is 1. The Morgan fingerprint density at radius 1 is 1.00 bits per heavy atom. The van der Waals surface area contributed by atoms with Crippen LogP contribution in [0.2, 0.25) is 0 Å². The van der Waals surface area contributed by atoms with E-state index in [0.29, 0.717) is 23.3 Å². The molecule has 40 heavy (non-hydrogen) atoms. The molecule has 2 aromatic carbocycles. The SMILES string of the molecule is CN(c1ccc(Nc2ncc3c(n2)N(S(=O)(=O)c2cccc4cccnc24)CC3(C)C)cc1)[C@H]1CC[C@H](O)CC1. The van der Waals surface area contributed by atoms with Gasteiger partial charge in [-0.15, -0.1) is 0 Å². The lowest BCUT2D eigenvalue weighted by atomic mass is 9.89. The summed E-state index contributed by atoms with van der Waals surface area (Å²) >= 11 is 0. The zero-order valence-corrected chi connectivity index (χ0v) is 23.8. The van der Waals surface area contributed by atoms with Gasteiger partial charge < -0.3 is 15.3 Å². The van der Waals surface area contributed by atoms with Gasteiger partial charge in [0.15, 0.2) is 5.82 Å². The molecule has 0 saturated heterocycles. The summed E-state index contributed by atoms with van der Waals surface area (Å²) in [7, 11) is -1.84. The van der Waals surface area contributed by atoms with Crippen LogP contribution in [0.1, 0.15) is 45.1 Å². The van der Waals surface area contributed by atoms with Gasteiger partial charge in [-0.25, -0.2) is 17.7 Å². The number of anilines is 4. The zero-order chi connectivity index (χ0) is 28.1. The van der Waals surface area contributed by atoms with Crippen LogP contribution in [0.3, 0.4) is 0 Å². The smallest absolute Gasteiger partial charge is 0.267 e. The maximum atomic E-state index is 14.0. The fourth-order valence-electron chi connectivity index (χ4n) is 5.79. The predicted octanol–water partition coefficient (Wildman–Crippen LogP) is 4.99. The fourth-order valence-corrected chi connectivity index (χ4v) is 7.55. The third kappa shape index (κ3) is 4.75. The van der Waals surface area contributed by atoms with E-state index in [2.05, 4.69) is 27.2 Å². The molecule has 2 aromatic heterocycles. The fraction of sp³-hybridized carbons (Fsp3) is 0.367. The molecule has 4 aromatic rings. The summed E-state index contributed by atoms with van der Waals surface area (Å²) in [5.74, 6) is 0.710. The van der Waals surface area contributed by atoms with Crippen molar-refractivity contribution in [1.82, 2.24) is 15.0 Å². The van der Waals surface area contributed by atoms with Gasteiger partial charge in [0.1, 0.15) is 4.90 Å². The number of fused-ring (bicyclic) bond motifs is 2. The van der Waals surface area contributed by atoms with Gasteiger partial charge in [0, 0.05) is 59.8 Å². The highest BCUT2D eigenvalue weighted by Crippen LogP contribution is 2.42. The molecule has 1 aliphatic carbocycles. The number of rotatable bonds is 6. The van der Waals surface area contributed by atoms with E-state index in [-0.39, 0.29) is 17.5 Å². The van der Waals surface area contributed by atoms with E-state index in [0.717, 1.165) is 48.0 Å². The molecule has 2 N–H and O–H groups in total. The number of benzene rings is 2. The summed E-state index contributed by atoms with van der Waals surface area (Å²) in [5.41, 5.74) is 2.67. The van der Waals surface area contributed by atoms with Crippen molar-refractivity contribution in [1.29, 1.82) is 0 Å². The highest BCUT2D eigenvalue weighted by Gasteiger charge is 2.43. The number of nitrogens with one attached hydrogen (secondary N) is 1. The highest BCUT2D eigenvalue weighted by molar-refractivity contribution is 7.93. The molecular weight excluding hydrogens is 524 g/mol. The van der Waals surface area contributed by atoms with Crippen LogP contribution in [-0.4, -0.2) is 54.2 Å². The van der Waals surface area contributed by atoms with Crippen molar-refractivity contribution in [2.24, 2.45) is 0 Å². The Morgan fingerprint density at radius 3 is 2.48 bits per heavy atom. The van der Waals surface area contributed by atoms with Crippen molar-refractivity contribution in [2.75, 3.05) is 28.1 Å². The Bertz CT molecular complexity index is 1640. The van der Waals surface area contributed by atoms with Gasteiger partial charge in [0.2, 0.25) is 5.95 Å². The van der Waals surface area contributed by atoms with Crippen LogP contribution in [0.5, 0.6) is 0 Å². The van der Waals surface area contributed by atoms with E-state index in [1.807, 2.05) is 50.2 Å². The summed E-state index contributed by atoms with van der Waals surface area (Å²) < 4.78 is 29.4. The first-order valence-electron chi connectivity index (χ1n) is 13.7. The lowest BCUT2D eigenvalue weighted by Crippen LogP contribution is -2.36. The molecule has 0 atom stereocenters. The quantitative estimate of drug-likeness (QED) is 0.340. The standard InChI is InChI=1S/C30H34N6O3S/c1-30(2)19-36(40(38,39)26-8-4-6-20-7-5-17-31-27(20)26)28-25(30)18-32-29(34-28)33-21-9-11-22(12-10-21)35(3)23-13-15-24(37)16-14-23/h4-12,17-18,23-24,37H,13-16,19H2,1-3H3,(H,32,33,34)/t23-,24-. The third-order valence-corrected chi connectivity index (χ3v) is 9.95. The van der Waals surface area contributed by atoms with E-state index in [1.165, 1.54) is 4.31 Å². The summed E-state index contributed by atoms with van der Waals surface area (Å²) in [6, 6.07) is 17.3. The summed E-state index contributed by atoms with van der Waals surface area (Å²) in [5, 5.41) is 13.8. The Balaban J connectivity index is 1.27.